The van der Waals surface area contributed by atoms with Crippen LogP contribution in [0.1, 0.15) is 147 Å². The topological polar surface area (TPSA) is 161 Å². The van der Waals surface area contributed by atoms with Gasteiger partial charge in [0.2, 0.25) is 0 Å². The van der Waals surface area contributed by atoms with Crippen LogP contribution in [0, 0.1) is 0 Å². The summed E-state index contributed by atoms with van der Waals surface area (Å²) in [5.41, 5.74) is 3.78. The summed E-state index contributed by atoms with van der Waals surface area (Å²) in [4.78, 5) is 43.0. The van der Waals surface area contributed by atoms with Crippen molar-refractivity contribution in [2.24, 2.45) is 0 Å². The third kappa shape index (κ3) is 15.7. The smallest absolute Gasteiger partial charge is 0.545 e. The molecule has 0 saturated heterocycles. The molecule has 9 heteroatoms. The molecule has 4 aromatic carbocycles. The van der Waals surface area contributed by atoms with Gasteiger partial charge in [0.25, 0.3) is 0 Å². The number of benzene rings is 4. The van der Waals surface area contributed by atoms with Crippen molar-refractivity contribution in [3.63, 3.8) is 0 Å². The number of carbonyl (C=O) groups is 4. The Hall–Kier alpha value is -4.32. The molecule has 0 radical (unpaired) electrons. The van der Waals surface area contributed by atoms with Gasteiger partial charge in [-0.25, -0.2) is 0 Å². The Labute approximate surface area is 335 Å². The average molecular weight is 916 g/mol. The van der Waals surface area contributed by atoms with Gasteiger partial charge in [-0.2, -0.15) is 0 Å². The summed E-state index contributed by atoms with van der Waals surface area (Å²) in [6.07, 6.45) is 0. The number of hydrogen-bond donors (Lipinski definition) is 0. The molecule has 0 N–H and O–H groups in total. The monoisotopic (exact) mass is 916 g/mol. The fourth-order valence-electron chi connectivity index (χ4n) is 5.26. The summed E-state index contributed by atoms with van der Waals surface area (Å²) >= 11 is 0. The van der Waals surface area contributed by atoms with E-state index in [0.717, 1.165) is 22.3 Å². The van der Waals surface area contributed by atoms with Gasteiger partial charge < -0.3 is 39.6 Å². The second kappa shape index (κ2) is 20.2. The van der Waals surface area contributed by atoms with Crippen molar-refractivity contribution in [2.75, 3.05) is 0 Å². The van der Waals surface area contributed by atoms with Crippen LogP contribution in [-0.4, -0.2) is 51.2 Å². The fourth-order valence-corrected chi connectivity index (χ4v) is 5.26. The molecule has 53 heavy (non-hydrogen) atoms. The summed E-state index contributed by atoms with van der Waals surface area (Å²) in [5.74, 6) is -4.42. The van der Waals surface area contributed by atoms with Crippen molar-refractivity contribution in [1.82, 2.24) is 0 Å². The number of carbonyl (C=O) groups excluding carboxylic acids is 4. The SMILES string of the molecule is CC(C)(C)c1ccccc1C(=O)[O-].CC(C)(C)c1ccccc1C(=O)[O-].CC(C)(C)c1ccccc1C(=O)[O-].CC(C)(C)c1ccccc1C(=O)[O-].[Pb+4]. The Morgan fingerprint density at radius 1 is 0.321 bits per heavy atom. The van der Waals surface area contributed by atoms with Crippen molar-refractivity contribution in [3.8, 4) is 0 Å². The predicted octanol–water partition coefficient (Wildman–Crippen LogP) is 5.01. The van der Waals surface area contributed by atoms with Gasteiger partial charge in [-0.3, -0.25) is 0 Å². The van der Waals surface area contributed by atoms with Crippen molar-refractivity contribution < 1.29 is 39.6 Å². The first-order chi connectivity index (χ1) is 23.7. The number of aromatic carboxylic acids is 4. The van der Waals surface area contributed by atoms with Crippen LogP contribution in [0.25, 0.3) is 0 Å². The van der Waals surface area contributed by atoms with Gasteiger partial charge in [0.05, 0.1) is 23.9 Å². The van der Waals surface area contributed by atoms with Crippen molar-refractivity contribution in [1.29, 1.82) is 0 Å². The number of carboxylic acids is 4. The molecule has 0 bridgehead atoms. The van der Waals surface area contributed by atoms with Crippen molar-refractivity contribution >= 4 is 51.2 Å². The number of rotatable bonds is 4. The predicted molar refractivity (Wildman–Crippen MR) is 204 cm³/mol. The Morgan fingerprint density at radius 3 is 0.547 bits per heavy atom. The molecule has 0 saturated carbocycles. The Kier molecular flexibility index (Phi) is 18.6. The van der Waals surface area contributed by atoms with Crippen LogP contribution in [0.15, 0.2) is 97.1 Å². The standard InChI is InChI=1S/4C11H14O2.Pb/c4*1-11(2,3)9-7-5-4-6-8(9)10(12)13;/h4*4-7H,1-3H3,(H,12,13);/q;;;;+4/p-4. The van der Waals surface area contributed by atoms with E-state index in [4.69, 9.17) is 0 Å². The van der Waals surface area contributed by atoms with E-state index in [9.17, 15) is 39.6 Å². The zero-order valence-electron chi connectivity index (χ0n) is 33.0. The van der Waals surface area contributed by atoms with Gasteiger partial charge >= 0.3 is 27.3 Å². The van der Waals surface area contributed by atoms with E-state index in [2.05, 4.69) is 0 Å². The van der Waals surface area contributed by atoms with E-state index >= 15 is 0 Å². The Morgan fingerprint density at radius 2 is 0.453 bits per heavy atom. The second-order valence-corrected chi connectivity index (χ2v) is 16.3. The minimum atomic E-state index is -1.11. The van der Waals surface area contributed by atoms with E-state index in [-0.39, 0.29) is 71.2 Å². The molecule has 4 rings (SSSR count). The van der Waals surface area contributed by atoms with Crippen LogP contribution in [0.2, 0.25) is 0 Å². The molecule has 0 unspecified atom stereocenters. The molecule has 8 nitrogen and oxygen atoms in total. The van der Waals surface area contributed by atoms with Crippen LogP contribution in [0.3, 0.4) is 0 Å². The van der Waals surface area contributed by atoms with Crippen LogP contribution < -0.4 is 20.4 Å². The zero-order chi connectivity index (χ0) is 40.2. The molecule has 0 aliphatic carbocycles. The molecule has 0 heterocycles. The Balaban J connectivity index is 0.000000676. The van der Waals surface area contributed by atoms with Crippen molar-refractivity contribution in [2.45, 2.75) is 105 Å². The van der Waals surface area contributed by atoms with Gasteiger partial charge in [-0.1, -0.05) is 180 Å². The zero-order valence-corrected chi connectivity index (χ0v) is 36.9. The minimum absolute atomic E-state index is 0. The number of hydrogen-bond acceptors (Lipinski definition) is 8. The largest absolute Gasteiger partial charge is 4.00 e. The van der Waals surface area contributed by atoms with Gasteiger partial charge in [0.1, 0.15) is 0 Å². The average Bonchev–Trinajstić information content (AvgIpc) is 3.04. The quantitative estimate of drug-likeness (QED) is 0.259. The van der Waals surface area contributed by atoms with E-state index in [0.29, 0.717) is 0 Å². The summed E-state index contributed by atoms with van der Waals surface area (Å²) in [6, 6.07) is 27.8. The van der Waals surface area contributed by atoms with E-state index in [1.54, 1.807) is 48.5 Å². The van der Waals surface area contributed by atoms with Crippen LogP contribution in [-0.2, 0) is 21.7 Å². The second-order valence-electron chi connectivity index (χ2n) is 16.3. The first-order valence-corrected chi connectivity index (χ1v) is 16.9. The first-order valence-electron chi connectivity index (χ1n) is 16.9. The molecular weight excluding hydrogens is 864 g/mol. The summed E-state index contributed by atoms with van der Waals surface area (Å²) in [5, 5.41) is 43.0. The number of carboxylic acid groups (broad SMARTS) is 4. The first kappa shape index (κ1) is 48.7. The summed E-state index contributed by atoms with van der Waals surface area (Å²) in [6.45, 7) is 23.8. The summed E-state index contributed by atoms with van der Waals surface area (Å²) in [7, 11) is 0. The van der Waals surface area contributed by atoms with Crippen molar-refractivity contribution in [3.05, 3.63) is 142 Å². The minimum Gasteiger partial charge on any atom is -0.545 e. The van der Waals surface area contributed by atoms with Gasteiger partial charge in [0, 0.05) is 22.3 Å². The van der Waals surface area contributed by atoms with E-state index in [1.165, 1.54) is 0 Å². The molecular formula is C44H52O8Pb. The molecule has 0 aromatic heterocycles. The molecule has 0 spiro atoms. The molecule has 0 atom stereocenters. The molecule has 0 amide bonds. The molecule has 0 aliphatic heterocycles. The maximum absolute atomic E-state index is 10.8. The van der Waals surface area contributed by atoms with Crippen LogP contribution >= 0.6 is 0 Å². The summed E-state index contributed by atoms with van der Waals surface area (Å²) < 4.78 is 0. The normalized spacial score (nSPS) is 11.1. The van der Waals surface area contributed by atoms with E-state index < -0.39 is 23.9 Å². The Bertz CT molecular complexity index is 1560. The van der Waals surface area contributed by atoms with Gasteiger partial charge in [-0.05, 0) is 43.9 Å². The maximum Gasteiger partial charge on any atom is 4.00 e. The maximum atomic E-state index is 10.8. The molecule has 0 fully saturated rings. The van der Waals surface area contributed by atoms with Gasteiger partial charge in [-0.15, -0.1) is 0 Å². The van der Waals surface area contributed by atoms with E-state index in [1.807, 2.05) is 132 Å². The molecule has 280 valence electrons. The third-order valence-electron chi connectivity index (χ3n) is 7.82. The molecule has 4 aromatic rings. The third-order valence-corrected chi connectivity index (χ3v) is 7.82. The van der Waals surface area contributed by atoms with Gasteiger partial charge in [0.15, 0.2) is 0 Å². The fraction of sp³-hybridized carbons (Fsp3) is 0.364. The van der Waals surface area contributed by atoms with Crippen LogP contribution in [0.4, 0.5) is 0 Å². The van der Waals surface area contributed by atoms with Crippen LogP contribution in [0.5, 0.6) is 0 Å². The molecule has 0 aliphatic rings.